The van der Waals surface area contributed by atoms with Crippen LogP contribution in [-0.4, -0.2) is 0 Å². The van der Waals surface area contributed by atoms with E-state index < -0.39 is 0 Å². The molecule has 27 heavy (non-hydrogen) atoms. The lowest BCUT2D eigenvalue weighted by Gasteiger charge is -2.45. The van der Waals surface area contributed by atoms with Crippen molar-refractivity contribution in [2.75, 3.05) is 5.01 Å². The minimum Gasteiger partial charge on any atom is -0.283 e. The summed E-state index contributed by atoms with van der Waals surface area (Å²) in [4.78, 5) is 0. The van der Waals surface area contributed by atoms with Gasteiger partial charge in [-0.1, -0.05) is 78.9 Å². The fourth-order valence-electron chi connectivity index (χ4n) is 5.35. The van der Waals surface area contributed by atoms with Crippen molar-refractivity contribution >= 4 is 5.69 Å². The van der Waals surface area contributed by atoms with E-state index in [4.69, 9.17) is 5.84 Å². The number of para-hydroxylation sites is 1. The van der Waals surface area contributed by atoms with Crippen LogP contribution in [0.5, 0.6) is 0 Å². The first-order valence-electron chi connectivity index (χ1n) is 9.57. The second-order valence-corrected chi connectivity index (χ2v) is 7.53. The number of hydrogen-bond acceptors (Lipinski definition) is 2. The molecule has 1 heterocycles. The molecule has 6 rings (SSSR count). The van der Waals surface area contributed by atoms with E-state index in [1.807, 2.05) is 5.01 Å². The average molecular weight is 348 g/mol. The quantitative estimate of drug-likeness (QED) is 0.559. The second-order valence-electron chi connectivity index (χ2n) is 7.53. The van der Waals surface area contributed by atoms with E-state index >= 15 is 0 Å². The molecular formula is C25H20N2. The lowest BCUT2D eigenvalue weighted by Crippen LogP contribution is -2.43. The van der Waals surface area contributed by atoms with E-state index in [9.17, 15) is 0 Å². The molecule has 0 aromatic heterocycles. The molecule has 0 bridgehead atoms. The van der Waals surface area contributed by atoms with Gasteiger partial charge in [-0.25, -0.2) is 5.84 Å². The van der Waals surface area contributed by atoms with Gasteiger partial charge in [0, 0.05) is 5.70 Å². The molecular weight excluding hydrogens is 328 g/mol. The molecule has 3 aliphatic rings. The van der Waals surface area contributed by atoms with E-state index in [0.29, 0.717) is 0 Å². The third-order valence-electron chi connectivity index (χ3n) is 6.36. The molecule has 2 N–H and O–H groups in total. The number of nitrogens with two attached hydrogens (primary N) is 1. The van der Waals surface area contributed by atoms with Gasteiger partial charge >= 0.3 is 0 Å². The van der Waals surface area contributed by atoms with Crippen LogP contribution in [0.15, 0.2) is 96.2 Å². The molecule has 1 spiro atoms. The van der Waals surface area contributed by atoms with Crippen molar-refractivity contribution in [1.29, 1.82) is 0 Å². The molecule has 2 aliphatic carbocycles. The first kappa shape index (κ1) is 15.0. The van der Waals surface area contributed by atoms with Crippen molar-refractivity contribution in [2.45, 2.75) is 18.3 Å². The van der Waals surface area contributed by atoms with Crippen LogP contribution in [-0.2, 0) is 5.41 Å². The van der Waals surface area contributed by atoms with Gasteiger partial charge in [-0.3, -0.25) is 5.01 Å². The summed E-state index contributed by atoms with van der Waals surface area (Å²) < 4.78 is 0. The summed E-state index contributed by atoms with van der Waals surface area (Å²) in [7, 11) is 0. The maximum absolute atomic E-state index is 6.63. The van der Waals surface area contributed by atoms with Crippen molar-refractivity contribution < 1.29 is 0 Å². The van der Waals surface area contributed by atoms with Gasteiger partial charge in [-0.15, -0.1) is 0 Å². The lowest BCUT2D eigenvalue weighted by atomic mass is 9.63. The normalized spacial score (nSPS) is 18.2. The highest BCUT2D eigenvalue weighted by molar-refractivity contribution is 5.90. The Morgan fingerprint density at radius 1 is 0.741 bits per heavy atom. The number of allylic oxidation sites excluding steroid dienone is 4. The van der Waals surface area contributed by atoms with Crippen LogP contribution in [0, 0.1) is 0 Å². The van der Waals surface area contributed by atoms with Crippen molar-refractivity contribution in [1.82, 2.24) is 0 Å². The van der Waals surface area contributed by atoms with Crippen LogP contribution in [0.2, 0.25) is 0 Å². The Labute approximate surface area is 159 Å². The molecule has 2 heteroatoms. The van der Waals surface area contributed by atoms with Crippen LogP contribution < -0.4 is 10.9 Å². The van der Waals surface area contributed by atoms with Gasteiger partial charge in [0.1, 0.15) is 0 Å². The van der Waals surface area contributed by atoms with Gasteiger partial charge < -0.3 is 0 Å². The van der Waals surface area contributed by atoms with Gasteiger partial charge in [-0.2, -0.15) is 0 Å². The second kappa shape index (κ2) is 5.21. The Morgan fingerprint density at radius 3 is 2.04 bits per heavy atom. The number of hydrogen-bond donors (Lipinski definition) is 1. The van der Waals surface area contributed by atoms with Crippen LogP contribution in [0.3, 0.4) is 0 Å². The zero-order chi connectivity index (χ0) is 18.0. The number of nitrogens with zero attached hydrogens (tertiary/aromatic N) is 1. The predicted molar refractivity (Wildman–Crippen MR) is 110 cm³/mol. The molecule has 3 aromatic carbocycles. The van der Waals surface area contributed by atoms with Crippen molar-refractivity contribution in [3.63, 3.8) is 0 Å². The molecule has 0 saturated carbocycles. The monoisotopic (exact) mass is 348 g/mol. The van der Waals surface area contributed by atoms with Crippen molar-refractivity contribution in [3.05, 3.63) is 113 Å². The first-order chi connectivity index (χ1) is 13.3. The number of fused-ring (bicyclic) bond motifs is 8. The van der Waals surface area contributed by atoms with E-state index in [-0.39, 0.29) is 5.41 Å². The Morgan fingerprint density at radius 2 is 1.33 bits per heavy atom. The Kier molecular flexibility index (Phi) is 2.90. The minimum atomic E-state index is -0.286. The Bertz CT molecular complexity index is 1110. The van der Waals surface area contributed by atoms with Gasteiger partial charge in [0.05, 0.1) is 11.1 Å². The third-order valence-corrected chi connectivity index (χ3v) is 6.36. The fourth-order valence-corrected chi connectivity index (χ4v) is 5.35. The molecule has 1 aliphatic heterocycles. The van der Waals surface area contributed by atoms with E-state index in [1.54, 1.807) is 0 Å². The smallest absolute Gasteiger partial charge is 0.0751 e. The zero-order valence-electron chi connectivity index (χ0n) is 15.0. The first-order valence-corrected chi connectivity index (χ1v) is 9.57. The lowest BCUT2D eigenvalue weighted by molar-refractivity contribution is 0.683. The molecule has 0 radical (unpaired) electrons. The third kappa shape index (κ3) is 1.69. The molecule has 130 valence electrons. The topological polar surface area (TPSA) is 29.3 Å². The number of rotatable bonds is 0. The van der Waals surface area contributed by atoms with Gasteiger partial charge in [0.25, 0.3) is 0 Å². The van der Waals surface area contributed by atoms with Gasteiger partial charge in [0.2, 0.25) is 0 Å². The number of anilines is 1. The summed E-state index contributed by atoms with van der Waals surface area (Å²) in [6, 6.07) is 26.3. The Balaban J connectivity index is 1.85. The van der Waals surface area contributed by atoms with Crippen LogP contribution in [0.1, 0.15) is 29.5 Å². The summed E-state index contributed by atoms with van der Waals surface area (Å²) in [5, 5.41) is 1.92. The van der Waals surface area contributed by atoms with E-state index in [2.05, 4.69) is 84.9 Å². The number of benzene rings is 3. The molecule has 0 unspecified atom stereocenters. The van der Waals surface area contributed by atoms with Crippen molar-refractivity contribution in [3.8, 4) is 11.1 Å². The summed E-state index contributed by atoms with van der Waals surface area (Å²) in [6.07, 6.45) is 6.62. The molecule has 2 nitrogen and oxygen atoms in total. The van der Waals surface area contributed by atoms with Crippen molar-refractivity contribution in [2.24, 2.45) is 5.84 Å². The zero-order valence-corrected chi connectivity index (χ0v) is 15.0. The highest BCUT2D eigenvalue weighted by Crippen LogP contribution is 2.61. The Hall–Kier alpha value is -3.10. The average Bonchev–Trinajstić information content (AvgIpc) is 3.04. The largest absolute Gasteiger partial charge is 0.283 e. The van der Waals surface area contributed by atoms with Gasteiger partial charge in [0.15, 0.2) is 0 Å². The fraction of sp³-hybridized carbons (Fsp3) is 0.120. The minimum absolute atomic E-state index is 0.286. The van der Waals surface area contributed by atoms with E-state index in [0.717, 1.165) is 18.5 Å². The highest BCUT2D eigenvalue weighted by atomic mass is 15.4. The summed E-state index contributed by atoms with van der Waals surface area (Å²) >= 11 is 0. The van der Waals surface area contributed by atoms with Crippen LogP contribution in [0.4, 0.5) is 5.69 Å². The summed E-state index contributed by atoms with van der Waals surface area (Å²) in [5.74, 6) is 6.63. The summed E-state index contributed by atoms with van der Waals surface area (Å²) in [5.41, 5.74) is 10.1. The SMILES string of the molecule is NN1C2=C(C=CCC2)C2(c3ccccc3-c3ccccc32)c2ccccc21. The van der Waals surface area contributed by atoms with Crippen LogP contribution >= 0.6 is 0 Å². The molecule has 0 fully saturated rings. The molecule has 0 saturated heterocycles. The summed E-state index contributed by atoms with van der Waals surface area (Å²) in [6.45, 7) is 0. The maximum Gasteiger partial charge on any atom is 0.0751 e. The van der Waals surface area contributed by atoms with Crippen LogP contribution in [0.25, 0.3) is 11.1 Å². The maximum atomic E-state index is 6.63. The highest BCUT2D eigenvalue weighted by Gasteiger charge is 2.51. The van der Waals surface area contributed by atoms with E-state index in [1.165, 1.54) is 39.1 Å². The number of hydrazine groups is 1. The molecule has 0 atom stereocenters. The predicted octanol–water partition coefficient (Wildman–Crippen LogP) is 5.30. The standard InChI is InChI=1S/C25H20N2/c26-27-23-15-7-5-13-21(23)25(22-14-6-8-16-24(22)27)19-11-3-1-9-17(19)18-10-2-4-12-20(18)25/h1-7,9-15H,8,16,26H2. The van der Waals surface area contributed by atoms with Gasteiger partial charge in [-0.05, 0) is 52.3 Å². The molecule has 0 amide bonds. The molecule has 3 aromatic rings.